The molecular formula is C28H28N6O2. The van der Waals surface area contributed by atoms with Gasteiger partial charge in [0.1, 0.15) is 5.82 Å². The number of aliphatic carboxylic acids is 1. The van der Waals surface area contributed by atoms with Crippen LogP contribution in [-0.4, -0.2) is 36.3 Å². The van der Waals surface area contributed by atoms with Crippen molar-refractivity contribution in [1.29, 1.82) is 0 Å². The van der Waals surface area contributed by atoms with Gasteiger partial charge in [-0.3, -0.25) is 4.79 Å². The lowest BCUT2D eigenvalue weighted by molar-refractivity contribution is -0.138. The number of benzene rings is 2. The van der Waals surface area contributed by atoms with Gasteiger partial charge in [-0.25, -0.2) is 4.98 Å². The van der Waals surface area contributed by atoms with Crippen molar-refractivity contribution in [3.05, 3.63) is 76.5 Å². The van der Waals surface area contributed by atoms with E-state index >= 15 is 0 Å². The summed E-state index contributed by atoms with van der Waals surface area (Å²) >= 11 is 0. The molecule has 2 heterocycles. The summed E-state index contributed by atoms with van der Waals surface area (Å²) in [6.07, 6.45) is 4.52. The van der Waals surface area contributed by atoms with E-state index in [1.54, 1.807) is 7.05 Å². The zero-order valence-electron chi connectivity index (χ0n) is 20.6. The molecule has 2 aliphatic rings. The van der Waals surface area contributed by atoms with E-state index in [1.165, 1.54) is 38.2 Å². The molecule has 3 atom stereocenters. The molecule has 36 heavy (non-hydrogen) atoms. The number of aromatic nitrogens is 5. The van der Waals surface area contributed by atoms with E-state index in [-0.39, 0.29) is 17.9 Å². The quantitative estimate of drug-likeness (QED) is 0.407. The number of pyridine rings is 1. The van der Waals surface area contributed by atoms with Crippen LogP contribution in [0.2, 0.25) is 0 Å². The van der Waals surface area contributed by atoms with Gasteiger partial charge in [0.15, 0.2) is 0 Å². The molecule has 2 N–H and O–H groups in total. The summed E-state index contributed by atoms with van der Waals surface area (Å²) in [5, 5.41) is 25.3. The third kappa shape index (κ3) is 3.92. The molecule has 0 saturated heterocycles. The zero-order valence-corrected chi connectivity index (χ0v) is 20.6. The summed E-state index contributed by atoms with van der Waals surface area (Å²) in [7, 11) is 1.77. The standard InChI is InChI=1S/C28H28N6O2/c1-15-11-18(27-31-33-34(3)32-27)12-16(2)26(15)21-6-4-5-20-19(21)8-9-24(20)30-25-10-7-17(14-29-25)22-13-23(22)28(35)36/h4-7,10-12,14,22-24H,8-9,13H2,1-3H3,(H,29,30)(H,35,36)/t22?,23-,24+/m0/s1. The molecule has 1 fully saturated rings. The van der Waals surface area contributed by atoms with Gasteiger partial charge >= 0.3 is 5.97 Å². The van der Waals surface area contributed by atoms with Crippen molar-refractivity contribution >= 4 is 11.8 Å². The van der Waals surface area contributed by atoms with Crippen molar-refractivity contribution in [3.63, 3.8) is 0 Å². The van der Waals surface area contributed by atoms with Crippen molar-refractivity contribution in [2.75, 3.05) is 5.32 Å². The molecule has 0 spiro atoms. The third-order valence-corrected chi connectivity index (χ3v) is 7.48. The van der Waals surface area contributed by atoms with Gasteiger partial charge in [-0.05, 0) is 101 Å². The number of fused-ring (bicyclic) bond motifs is 1. The second-order valence-corrected chi connectivity index (χ2v) is 9.96. The van der Waals surface area contributed by atoms with Crippen LogP contribution < -0.4 is 5.32 Å². The lowest BCUT2D eigenvalue weighted by atomic mass is 9.89. The number of nitrogens with one attached hydrogen (secondary N) is 1. The summed E-state index contributed by atoms with van der Waals surface area (Å²) in [6.45, 7) is 4.29. The number of nitrogens with zero attached hydrogens (tertiary/aromatic N) is 5. The molecule has 2 aromatic heterocycles. The van der Waals surface area contributed by atoms with Crippen LogP contribution in [0.15, 0.2) is 48.7 Å². The number of carboxylic acid groups (broad SMARTS) is 1. The van der Waals surface area contributed by atoms with E-state index in [4.69, 9.17) is 0 Å². The Morgan fingerprint density at radius 2 is 1.94 bits per heavy atom. The third-order valence-electron chi connectivity index (χ3n) is 7.48. The molecule has 6 rings (SSSR count). The van der Waals surface area contributed by atoms with E-state index in [1.807, 2.05) is 18.3 Å². The Hall–Kier alpha value is -4.07. The van der Waals surface area contributed by atoms with Crippen molar-refractivity contribution in [3.8, 4) is 22.5 Å². The average molecular weight is 481 g/mol. The van der Waals surface area contributed by atoms with Crippen molar-refractivity contribution in [2.45, 2.75) is 45.1 Å². The normalized spacial score (nSPS) is 20.2. The first-order valence-corrected chi connectivity index (χ1v) is 12.3. The summed E-state index contributed by atoms with van der Waals surface area (Å²) in [4.78, 5) is 17.2. The van der Waals surface area contributed by atoms with Crippen LogP contribution in [0.5, 0.6) is 0 Å². The Morgan fingerprint density at radius 1 is 1.14 bits per heavy atom. The topological polar surface area (TPSA) is 106 Å². The highest BCUT2D eigenvalue weighted by molar-refractivity contribution is 5.79. The number of carbonyl (C=O) groups is 1. The number of hydrogen-bond acceptors (Lipinski definition) is 6. The molecule has 8 heteroatoms. The minimum Gasteiger partial charge on any atom is -0.481 e. The van der Waals surface area contributed by atoms with Gasteiger partial charge in [-0.2, -0.15) is 4.80 Å². The molecule has 0 radical (unpaired) electrons. The molecule has 2 aliphatic carbocycles. The monoisotopic (exact) mass is 480 g/mol. The van der Waals surface area contributed by atoms with E-state index in [0.29, 0.717) is 12.2 Å². The first kappa shape index (κ1) is 22.4. The lowest BCUT2D eigenvalue weighted by Gasteiger charge is -2.18. The number of rotatable bonds is 6. The highest BCUT2D eigenvalue weighted by Crippen LogP contribution is 2.47. The van der Waals surface area contributed by atoms with Gasteiger partial charge in [0, 0.05) is 11.8 Å². The number of carboxylic acids is 1. The lowest BCUT2D eigenvalue weighted by Crippen LogP contribution is -2.08. The van der Waals surface area contributed by atoms with Crippen molar-refractivity contribution in [1.82, 2.24) is 25.2 Å². The highest BCUT2D eigenvalue weighted by Gasteiger charge is 2.44. The van der Waals surface area contributed by atoms with E-state index < -0.39 is 5.97 Å². The largest absolute Gasteiger partial charge is 0.481 e. The Balaban J connectivity index is 1.25. The van der Waals surface area contributed by atoms with Gasteiger partial charge in [-0.15, -0.1) is 10.2 Å². The van der Waals surface area contributed by atoms with E-state index in [0.717, 1.165) is 29.8 Å². The number of tetrazole rings is 1. The maximum atomic E-state index is 11.2. The van der Waals surface area contributed by atoms with Crippen LogP contribution >= 0.6 is 0 Å². The Kier molecular flexibility index (Phi) is 5.32. The van der Waals surface area contributed by atoms with Gasteiger partial charge < -0.3 is 10.4 Å². The highest BCUT2D eigenvalue weighted by atomic mass is 16.4. The van der Waals surface area contributed by atoms with Crippen molar-refractivity contribution < 1.29 is 9.90 Å². The molecule has 1 unspecified atom stereocenters. The van der Waals surface area contributed by atoms with E-state index in [2.05, 4.69) is 69.9 Å². The van der Waals surface area contributed by atoms with Gasteiger partial charge in [0.2, 0.25) is 5.82 Å². The number of hydrogen-bond donors (Lipinski definition) is 2. The summed E-state index contributed by atoms with van der Waals surface area (Å²) < 4.78 is 0. The molecule has 0 amide bonds. The predicted octanol–water partition coefficient (Wildman–Crippen LogP) is 4.84. The molecule has 182 valence electrons. The Labute approximate surface area is 209 Å². The second-order valence-electron chi connectivity index (χ2n) is 9.96. The molecule has 0 aliphatic heterocycles. The molecule has 8 nitrogen and oxygen atoms in total. The van der Waals surface area contributed by atoms with Crippen LogP contribution in [0.1, 0.15) is 52.6 Å². The fraction of sp³-hybridized carbons (Fsp3) is 0.321. The second kappa shape index (κ2) is 8.55. The maximum absolute atomic E-state index is 11.2. The Bertz CT molecular complexity index is 1450. The summed E-state index contributed by atoms with van der Waals surface area (Å²) in [5.41, 5.74) is 9.61. The molecule has 2 aromatic carbocycles. The minimum absolute atomic E-state index is 0.0985. The molecular weight excluding hydrogens is 452 g/mol. The average Bonchev–Trinajstić information content (AvgIpc) is 3.39. The smallest absolute Gasteiger partial charge is 0.307 e. The molecule has 1 saturated carbocycles. The minimum atomic E-state index is -0.717. The van der Waals surface area contributed by atoms with Crippen LogP contribution in [0.25, 0.3) is 22.5 Å². The van der Waals surface area contributed by atoms with Gasteiger partial charge in [-0.1, -0.05) is 24.3 Å². The van der Waals surface area contributed by atoms with E-state index in [9.17, 15) is 9.90 Å². The molecule has 0 bridgehead atoms. The maximum Gasteiger partial charge on any atom is 0.307 e. The van der Waals surface area contributed by atoms with Crippen LogP contribution in [0.4, 0.5) is 5.82 Å². The number of anilines is 1. The zero-order chi connectivity index (χ0) is 25.0. The van der Waals surface area contributed by atoms with Gasteiger partial charge in [0.25, 0.3) is 0 Å². The summed E-state index contributed by atoms with van der Waals surface area (Å²) in [6, 6.07) is 15.0. The fourth-order valence-electron chi connectivity index (χ4n) is 5.68. The van der Waals surface area contributed by atoms with Crippen LogP contribution in [0.3, 0.4) is 0 Å². The fourth-order valence-corrected chi connectivity index (χ4v) is 5.68. The van der Waals surface area contributed by atoms with Gasteiger partial charge in [0.05, 0.1) is 19.0 Å². The van der Waals surface area contributed by atoms with Crippen LogP contribution in [0, 0.1) is 19.8 Å². The van der Waals surface area contributed by atoms with Crippen molar-refractivity contribution in [2.24, 2.45) is 13.0 Å². The SMILES string of the molecule is Cc1cc(-c2nnn(C)n2)cc(C)c1-c1cccc2c1CC[C@H]2Nc1ccc(C2C[C@@H]2C(=O)O)cn1. The molecule has 4 aromatic rings. The van der Waals surface area contributed by atoms with Crippen LogP contribution in [-0.2, 0) is 18.3 Å². The number of aryl methyl sites for hydroxylation is 3. The Morgan fingerprint density at radius 3 is 2.58 bits per heavy atom. The first-order chi connectivity index (χ1) is 17.4. The first-order valence-electron chi connectivity index (χ1n) is 12.3. The predicted molar refractivity (Wildman–Crippen MR) is 137 cm³/mol. The summed E-state index contributed by atoms with van der Waals surface area (Å²) in [5.74, 6) is 0.579.